The van der Waals surface area contributed by atoms with E-state index in [1.807, 2.05) is 39.0 Å². The Labute approximate surface area is 156 Å². The summed E-state index contributed by atoms with van der Waals surface area (Å²) in [6.45, 7) is 7.18. The third-order valence-corrected chi connectivity index (χ3v) is 5.67. The van der Waals surface area contributed by atoms with E-state index in [9.17, 15) is 4.79 Å². The molecule has 0 atom stereocenters. The highest BCUT2D eigenvalue weighted by Gasteiger charge is 2.19. The maximum atomic E-state index is 12.8. The van der Waals surface area contributed by atoms with Gasteiger partial charge in [0.15, 0.2) is 4.34 Å². The zero-order valence-corrected chi connectivity index (χ0v) is 16.2. The molecule has 1 aromatic carbocycles. The number of rotatable bonds is 8. The van der Waals surface area contributed by atoms with Crippen molar-refractivity contribution in [2.45, 2.75) is 31.5 Å². The first kappa shape index (κ1) is 19.2. The summed E-state index contributed by atoms with van der Waals surface area (Å²) in [7, 11) is 0. The van der Waals surface area contributed by atoms with Crippen molar-refractivity contribution in [3.05, 3.63) is 29.3 Å². The van der Waals surface area contributed by atoms with Gasteiger partial charge in [-0.15, -0.1) is 10.2 Å². The van der Waals surface area contributed by atoms with Crippen LogP contribution in [0.5, 0.6) is 0 Å². The Morgan fingerprint density at radius 2 is 2.20 bits per heavy atom. The molecule has 0 aliphatic carbocycles. The van der Waals surface area contributed by atoms with Gasteiger partial charge in [0.25, 0.3) is 0 Å². The molecular formula is C17H21N5OS2. The smallest absolute Gasteiger partial charge is 0.237 e. The lowest BCUT2D eigenvalue weighted by Crippen LogP contribution is -2.34. The van der Waals surface area contributed by atoms with E-state index in [0.717, 1.165) is 32.8 Å². The van der Waals surface area contributed by atoms with Crippen LogP contribution in [0.1, 0.15) is 24.5 Å². The molecule has 2 aromatic rings. The van der Waals surface area contributed by atoms with Crippen molar-refractivity contribution in [3.63, 3.8) is 0 Å². The first-order chi connectivity index (χ1) is 12.1. The molecule has 25 heavy (non-hydrogen) atoms. The molecule has 0 fully saturated rings. The van der Waals surface area contributed by atoms with Crippen LogP contribution >= 0.6 is 23.1 Å². The Morgan fingerprint density at radius 3 is 2.92 bits per heavy atom. The van der Waals surface area contributed by atoms with E-state index in [1.54, 1.807) is 4.90 Å². The lowest BCUT2D eigenvalue weighted by Gasteiger charge is -2.24. The van der Waals surface area contributed by atoms with E-state index in [2.05, 4.69) is 21.6 Å². The minimum atomic E-state index is -0.0332. The number of hydrogen-bond acceptors (Lipinski definition) is 7. The number of anilines is 2. The average Bonchev–Trinajstić information content (AvgIpc) is 3.05. The van der Waals surface area contributed by atoms with E-state index >= 15 is 0 Å². The molecule has 0 radical (unpaired) electrons. The third-order valence-electron chi connectivity index (χ3n) is 3.67. The monoisotopic (exact) mass is 375 g/mol. The Balaban J connectivity index is 2.10. The van der Waals surface area contributed by atoms with Crippen LogP contribution in [0, 0.1) is 25.2 Å². The number of aryl methyl sites for hydroxylation is 1. The molecule has 0 bridgehead atoms. The molecule has 1 heterocycles. The SMILES string of the molecule is CCNc1nnc(SCC(=O)N(CCC#N)c2cccc(C)c2C)s1. The zero-order chi connectivity index (χ0) is 18.2. The van der Waals surface area contributed by atoms with Gasteiger partial charge >= 0.3 is 0 Å². The second kappa shape index (κ2) is 9.39. The van der Waals surface area contributed by atoms with Crippen molar-refractivity contribution in [1.82, 2.24) is 10.2 Å². The maximum Gasteiger partial charge on any atom is 0.237 e. The van der Waals surface area contributed by atoms with E-state index in [4.69, 9.17) is 5.26 Å². The molecule has 1 aromatic heterocycles. The number of nitriles is 1. The fourth-order valence-corrected chi connectivity index (χ4v) is 3.96. The minimum absolute atomic E-state index is 0.0332. The number of nitrogens with one attached hydrogen (secondary N) is 1. The maximum absolute atomic E-state index is 12.8. The molecule has 0 spiro atoms. The second-order valence-electron chi connectivity index (χ2n) is 5.36. The van der Waals surface area contributed by atoms with Crippen LogP contribution in [-0.2, 0) is 4.79 Å². The van der Waals surface area contributed by atoms with Gasteiger partial charge in [-0.05, 0) is 38.0 Å². The van der Waals surface area contributed by atoms with Crippen molar-refractivity contribution in [2.75, 3.05) is 29.1 Å². The quantitative estimate of drug-likeness (QED) is 0.710. The number of aromatic nitrogens is 2. The summed E-state index contributed by atoms with van der Waals surface area (Å²) in [5.41, 5.74) is 3.05. The molecule has 1 amide bonds. The summed E-state index contributed by atoms with van der Waals surface area (Å²) in [5.74, 6) is 0.230. The molecule has 8 heteroatoms. The van der Waals surface area contributed by atoms with Crippen LogP contribution in [0.25, 0.3) is 0 Å². The first-order valence-corrected chi connectivity index (χ1v) is 9.80. The Morgan fingerprint density at radius 1 is 1.40 bits per heavy atom. The Kier molecular flexibility index (Phi) is 7.22. The van der Waals surface area contributed by atoms with E-state index in [-0.39, 0.29) is 11.7 Å². The standard InChI is InChI=1S/C17H21N5OS2/c1-4-19-16-20-21-17(25-16)24-11-15(23)22(10-6-9-18)14-8-5-7-12(2)13(14)3/h5,7-8H,4,6,10-11H2,1-3H3,(H,19,20). The topological polar surface area (TPSA) is 81.9 Å². The molecule has 132 valence electrons. The van der Waals surface area contributed by atoms with Gasteiger partial charge in [-0.1, -0.05) is 35.2 Å². The summed E-state index contributed by atoms with van der Waals surface area (Å²) < 4.78 is 0.755. The Bertz CT molecular complexity index is 769. The summed E-state index contributed by atoms with van der Waals surface area (Å²) in [6.07, 6.45) is 0.299. The van der Waals surface area contributed by atoms with Crippen LogP contribution in [0.15, 0.2) is 22.5 Å². The van der Waals surface area contributed by atoms with Gasteiger partial charge in [-0.25, -0.2) is 0 Å². The van der Waals surface area contributed by atoms with Crippen molar-refractivity contribution in [3.8, 4) is 6.07 Å². The molecule has 2 rings (SSSR count). The highest BCUT2D eigenvalue weighted by Crippen LogP contribution is 2.28. The van der Waals surface area contributed by atoms with Gasteiger partial charge in [-0.2, -0.15) is 5.26 Å². The van der Waals surface area contributed by atoms with Gasteiger partial charge < -0.3 is 10.2 Å². The lowest BCUT2D eigenvalue weighted by molar-refractivity contribution is -0.116. The average molecular weight is 376 g/mol. The van der Waals surface area contributed by atoms with Gasteiger partial charge in [0, 0.05) is 18.8 Å². The number of carbonyl (C=O) groups excluding carboxylic acids is 1. The summed E-state index contributed by atoms with van der Waals surface area (Å²) in [4.78, 5) is 14.5. The highest BCUT2D eigenvalue weighted by molar-refractivity contribution is 8.01. The van der Waals surface area contributed by atoms with Crippen molar-refractivity contribution < 1.29 is 4.79 Å². The van der Waals surface area contributed by atoms with Crippen LogP contribution in [0.3, 0.4) is 0 Å². The fourth-order valence-electron chi connectivity index (χ4n) is 2.26. The molecule has 0 saturated heterocycles. The fraction of sp³-hybridized carbons (Fsp3) is 0.412. The van der Waals surface area contributed by atoms with Crippen molar-refractivity contribution in [2.24, 2.45) is 0 Å². The molecule has 0 saturated carbocycles. The van der Waals surface area contributed by atoms with Crippen LogP contribution in [0.2, 0.25) is 0 Å². The third kappa shape index (κ3) is 5.18. The second-order valence-corrected chi connectivity index (χ2v) is 7.56. The zero-order valence-electron chi connectivity index (χ0n) is 14.6. The number of benzene rings is 1. The van der Waals surface area contributed by atoms with Gasteiger partial charge in [0.1, 0.15) is 0 Å². The van der Waals surface area contributed by atoms with Crippen LogP contribution in [0.4, 0.5) is 10.8 Å². The summed E-state index contributed by atoms with van der Waals surface area (Å²) >= 11 is 2.81. The summed E-state index contributed by atoms with van der Waals surface area (Å²) in [5, 5.41) is 20.9. The van der Waals surface area contributed by atoms with Crippen molar-refractivity contribution in [1.29, 1.82) is 5.26 Å². The molecular weight excluding hydrogens is 354 g/mol. The van der Waals surface area contributed by atoms with Gasteiger partial charge in [-0.3, -0.25) is 4.79 Å². The van der Waals surface area contributed by atoms with Gasteiger partial charge in [0.05, 0.1) is 18.2 Å². The largest absolute Gasteiger partial charge is 0.360 e. The predicted octanol–water partition coefficient (Wildman–Crippen LogP) is 3.63. The van der Waals surface area contributed by atoms with E-state index < -0.39 is 0 Å². The Hall–Kier alpha value is -2.11. The molecule has 6 nitrogen and oxygen atoms in total. The number of thioether (sulfide) groups is 1. The first-order valence-electron chi connectivity index (χ1n) is 8.00. The number of amides is 1. The van der Waals surface area contributed by atoms with Crippen LogP contribution in [-0.4, -0.2) is 34.9 Å². The highest BCUT2D eigenvalue weighted by atomic mass is 32.2. The van der Waals surface area contributed by atoms with Gasteiger partial charge in [0.2, 0.25) is 11.0 Å². The van der Waals surface area contributed by atoms with Crippen LogP contribution < -0.4 is 10.2 Å². The molecule has 1 N–H and O–H groups in total. The molecule has 0 unspecified atom stereocenters. The minimum Gasteiger partial charge on any atom is -0.360 e. The van der Waals surface area contributed by atoms with E-state index in [1.165, 1.54) is 23.1 Å². The number of carbonyl (C=O) groups is 1. The van der Waals surface area contributed by atoms with E-state index in [0.29, 0.717) is 13.0 Å². The van der Waals surface area contributed by atoms with Crippen molar-refractivity contribution >= 4 is 39.8 Å². The predicted molar refractivity (Wildman–Crippen MR) is 103 cm³/mol. The number of hydrogen-bond donors (Lipinski definition) is 1. The lowest BCUT2D eigenvalue weighted by atomic mass is 10.1. The molecule has 0 aliphatic heterocycles. The molecule has 0 aliphatic rings. The summed E-state index contributed by atoms with van der Waals surface area (Å²) in [6, 6.07) is 8.00. The number of nitrogens with zero attached hydrogens (tertiary/aromatic N) is 4. The normalized spacial score (nSPS) is 10.3.